The lowest BCUT2D eigenvalue weighted by atomic mass is 10.1. The van der Waals surface area contributed by atoms with Crippen LogP contribution in [0.15, 0.2) is 24.3 Å². The fourth-order valence-electron chi connectivity index (χ4n) is 1.24. The highest BCUT2D eigenvalue weighted by Crippen LogP contribution is 2.29. The van der Waals surface area contributed by atoms with Crippen molar-refractivity contribution < 1.29 is 23.1 Å². The molecule has 0 aliphatic heterocycles. The fourth-order valence-corrected chi connectivity index (χ4v) is 1.71. The maximum Gasteiger partial charge on any atom is 0.441 e. The molecule has 0 aromatic heterocycles. The molecule has 1 aromatic rings. The van der Waals surface area contributed by atoms with Gasteiger partial charge in [0.05, 0.1) is 5.56 Å². The molecule has 100 valence electrons. The van der Waals surface area contributed by atoms with Gasteiger partial charge in [0, 0.05) is 18.8 Å². The maximum atomic E-state index is 11.8. The van der Waals surface area contributed by atoms with Gasteiger partial charge in [0.15, 0.2) is 0 Å². The Kier molecular flexibility index (Phi) is 5.49. The Morgan fingerprint density at radius 1 is 1.28 bits per heavy atom. The first kappa shape index (κ1) is 14.8. The Labute approximate surface area is 106 Å². The number of aromatic carboxylic acids is 1. The first-order valence-corrected chi connectivity index (χ1v) is 6.11. The molecule has 0 fully saturated rings. The topological polar surface area (TPSA) is 49.3 Å². The lowest BCUT2D eigenvalue weighted by molar-refractivity contribution is -0.0327. The summed E-state index contributed by atoms with van der Waals surface area (Å²) in [6.07, 6.45) is 0. The standard InChI is InChI=1S/C11H12F3NO2S/c12-11(13,14)18-6-5-15-7-8-1-3-9(4-2-8)10(16)17/h1-4,15H,5-7H2,(H,16,17). The SMILES string of the molecule is O=C(O)c1ccc(CNCCSC(F)(F)F)cc1. The van der Waals surface area contributed by atoms with Crippen LogP contribution in [-0.4, -0.2) is 28.9 Å². The Hall–Kier alpha value is -1.21. The van der Waals surface area contributed by atoms with Crippen molar-refractivity contribution in [1.82, 2.24) is 5.32 Å². The number of hydrogen-bond acceptors (Lipinski definition) is 3. The van der Waals surface area contributed by atoms with Crippen molar-refractivity contribution in [2.24, 2.45) is 0 Å². The minimum absolute atomic E-state index is 0.0449. The Balaban J connectivity index is 2.25. The van der Waals surface area contributed by atoms with E-state index in [0.717, 1.165) is 5.56 Å². The maximum absolute atomic E-state index is 11.8. The van der Waals surface area contributed by atoms with Gasteiger partial charge in [-0.1, -0.05) is 12.1 Å². The molecular formula is C11H12F3NO2S. The summed E-state index contributed by atoms with van der Waals surface area (Å²) in [6.45, 7) is 0.656. The largest absolute Gasteiger partial charge is 0.478 e. The highest BCUT2D eigenvalue weighted by molar-refractivity contribution is 8.00. The fraction of sp³-hybridized carbons (Fsp3) is 0.364. The predicted molar refractivity (Wildman–Crippen MR) is 63.6 cm³/mol. The van der Waals surface area contributed by atoms with Crippen LogP contribution >= 0.6 is 11.8 Å². The van der Waals surface area contributed by atoms with Crippen LogP contribution in [0.25, 0.3) is 0 Å². The van der Waals surface area contributed by atoms with E-state index in [0.29, 0.717) is 6.54 Å². The molecule has 0 saturated heterocycles. The highest BCUT2D eigenvalue weighted by Gasteiger charge is 2.27. The van der Waals surface area contributed by atoms with Crippen molar-refractivity contribution >= 4 is 17.7 Å². The highest BCUT2D eigenvalue weighted by atomic mass is 32.2. The lowest BCUT2D eigenvalue weighted by Gasteiger charge is -2.07. The van der Waals surface area contributed by atoms with Crippen LogP contribution in [0.5, 0.6) is 0 Å². The third kappa shape index (κ3) is 5.92. The molecule has 2 N–H and O–H groups in total. The Morgan fingerprint density at radius 3 is 2.39 bits per heavy atom. The number of halogens is 3. The van der Waals surface area contributed by atoms with Crippen molar-refractivity contribution in [3.8, 4) is 0 Å². The molecule has 18 heavy (non-hydrogen) atoms. The first-order chi connectivity index (χ1) is 8.38. The molecule has 3 nitrogen and oxygen atoms in total. The number of carboxylic acids is 1. The Morgan fingerprint density at radius 2 is 1.89 bits per heavy atom. The lowest BCUT2D eigenvalue weighted by Crippen LogP contribution is -2.18. The molecule has 0 heterocycles. The second-order valence-electron chi connectivity index (χ2n) is 3.47. The molecular weight excluding hydrogens is 267 g/mol. The summed E-state index contributed by atoms with van der Waals surface area (Å²) in [5.41, 5.74) is -3.17. The number of rotatable bonds is 6. The van der Waals surface area contributed by atoms with E-state index in [1.54, 1.807) is 12.1 Å². The summed E-state index contributed by atoms with van der Waals surface area (Å²) in [5, 5.41) is 11.5. The number of alkyl halides is 3. The number of carbonyl (C=O) groups is 1. The third-order valence-electron chi connectivity index (χ3n) is 2.07. The van der Waals surface area contributed by atoms with Gasteiger partial charge in [-0.15, -0.1) is 0 Å². The van der Waals surface area contributed by atoms with Gasteiger partial charge in [-0.25, -0.2) is 4.79 Å². The van der Waals surface area contributed by atoms with Gasteiger partial charge in [-0.05, 0) is 29.5 Å². The smallest absolute Gasteiger partial charge is 0.441 e. The van der Waals surface area contributed by atoms with Crippen LogP contribution in [0.2, 0.25) is 0 Å². The number of thioether (sulfide) groups is 1. The van der Waals surface area contributed by atoms with Crippen molar-refractivity contribution in [2.45, 2.75) is 12.1 Å². The minimum atomic E-state index is -4.19. The van der Waals surface area contributed by atoms with E-state index in [1.165, 1.54) is 12.1 Å². The van der Waals surface area contributed by atoms with E-state index in [1.807, 2.05) is 0 Å². The van der Waals surface area contributed by atoms with Crippen LogP contribution in [0.4, 0.5) is 13.2 Å². The van der Waals surface area contributed by atoms with Crippen molar-refractivity contribution in [2.75, 3.05) is 12.3 Å². The number of hydrogen-bond donors (Lipinski definition) is 2. The molecule has 1 aromatic carbocycles. The summed E-state index contributed by atoms with van der Waals surface area (Å²) < 4.78 is 35.4. The average Bonchev–Trinajstić information content (AvgIpc) is 2.27. The zero-order valence-electron chi connectivity index (χ0n) is 9.33. The van der Waals surface area contributed by atoms with E-state index >= 15 is 0 Å². The summed E-state index contributed by atoms with van der Waals surface area (Å²) in [4.78, 5) is 10.6. The summed E-state index contributed by atoms with van der Waals surface area (Å²) in [7, 11) is 0. The van der Waals surface area contributed by atoms with Gasteiger partial charge in [0.1, 0.15) is 0 Å². The van der Waals surface area contributed by atoms with E-state index in [9.17, 15) is 18.0 Å². The van der Waals surface area contributed by atoms with Gasteiger partial charge < -0.3 is 10.4 Å². The Bertz CT molecular complexity index is 392. The predicted octanol–water partition coefficient (Wildman–Crippen LogP) is 2.73. The number of nitrogens with one attached hydrogen (secondary N) is 1. The van der Waals surface area contributed by atoms with E-state index < -0.39 is 11.5 Å². The van der Waals surface area contributed by atoms with Crippen LogP contribution < -0.4 is 5.32 Å². The van der Waals surface area contributed by atoms with Crippen LogP contribution in [0.1, 0.15) is 15.9 Å². The minimum Gasteiger partial charge on any atom is -0.478 e. The summed E-state index contributed by atoms with van der Waals surface area (Å²) in [5.74, 6) is -1.05. The normalized spacial score (nSPS) is 11.5. The molecule has 1 rings (SSSR count). The molecule has 0 unspecified atom stereocenters. The zero-order chi connectivity index (χ0) is 13.6. The quantitative estimate of drug-likeness (QED) is 0.786. The molecule has 0 aliphatic carbocycles. The molecule has 0 radical (unpaired) electrons. The van der Waals surface area contributed by atoms with Crippen molar-refractivity contribution in [3.05, 3.63) is 35.4 Å². The zero-order valence-corrected chi connectivity index (χ0v) is 10.1. The number of carboxylic acid groups (broad SMARTS) is 1. The molecule has 0 saturated carbocycles. The second-order valence-corrected chi connectivity index (χ2v) is 4.63. The van der Waals surface area contributed by atoms with Crippen LogP contribution in [-0.2, 0) is 6.54 Å². The van der Waals surface area contributed by atoms with Gasteiger partial charge in [-0.3, -0.25) is 0 Å². The summed E-state index contributed by atoms with van der Waals surface area (Å²) in [6, 6.07) is 6.19. The van der Waals surface area contributed by atoms with E-state index in [4.69, 9.17) is 5.11 Å². The van der Waals surface area contributed by atoms with E-state index in [2.05, 4.69) is 5.32 Å². The summed E-state index contributed by atoms with van der Waals surface area (Å²) >= 11 is -0.0651. The molecule has 0 spiro atoms. The average molecular weight is 279 g/mol. The van der Waals surface area contributed by atoms with Crippen LogP contribution in [0, 0.1) is 0 Å². The van der Waals surface area contributed by atoms with E-state index in [-0.39, 0.29) is 29.6 Å². The first-order valence-electron chi connectivity index (χ1n) is 5.12. The second kappa shape index (κ2) is 6.65. The third-order valence-corrected chi connectivity index (χ3v) is 2.81. The molecule has 0 atom stereocenters. The van der Waals surface area contributed by atoms with Crippen LogP contribution in [0.3, 0.4) is 0 Å². The van der Waals surface area contributed by atoms with Gasteiger partial charge in [0.2, 0.25) is 0 Å². The number of benzene rings is 1. The van der Waals surface area contributed by atoms with Crippen molar-refractivity contribution in [3.63, 3.8) is 0 Å². The monoisotopic (exact) mass is 279 g/mol. The van der Waals surface area contributed by atoms with Crippen molar-refractivity contribution in [1.29, 1.82) is 0 Å². The van der Waals surface area contributed by atoms with Gasteiger partial charge in [-0.2, -0.15) is 13.2 Å². The molecule has 0 amide bonds. The molecule has 0 aliphatic rings. The molecule has 7 heteroatoms. The van der Waals surface area contributed by atoms with Gasteiger partial charge in [0.25, 0.3) is 0 Å². The van der Waals surface area contributed by atoms with Gasteiger partial charge >= 0.3 is 11.5 Å². The molecule has 0 bridgehead atoms.